The van der Waals surface area contributed by atoms with Gasteiger partial charge in [-0.05, 0) is 43.9 Å². The molecule has 1 aliphatic heterocycles. The lowest BCUT2D eigenvalue weighted by Crippen LogP contribution is -2.49. The van der Waals surface area contributed by atoms with Crippen LogP contribution < -0.4 is 5.32 Å². The lowest BCUT2D eigenvalue weighted by Gasteiger charge is -2.39. The Balaban J connectivity index is 0.00000364. The maximum Gasteiger partial charge on any atom is 0.193 e. The molecule has 0 aliphatic carbocycles. The number of halogens is 1. The first-order valence-corrected chi connectivity index (χ1v) is 10.2. The number of hydrogen-bond donors (Lipinski definition) is 2. The fourth-order valence-corrected chi connectivity index (χ4v) is 3.87. The van der Waals surface area contributed by atoms with E-state index in [4.69, 9.17) is 4.99 Å². The van der Waals surface area contributed by atoms with Crippen molar-refractivity contribution in [1.29, 1.82) is 0 Å². The first-order valence-electron chi connectivity index (χ1n) is 10.2. The highest BCUT2D eigenvalue weighted by Crippen LogP contribution is 2.27. The third-order valence-electron chi connectivity index (χ3n) is 5.30. The lowest BCUT2D eigenvalue weighted by molar-refractivity contribution is 0.188. The smallest absolute Gasteiger partial charge is 0.193 e. The summed E-state index contributed by atoms with van der Waals surface area (Å²) >= 11 is 0. The number of nitrogens with zero attached hydrogens (tertiary/aromatic N) is 4. The number of imidazole rings is 1. The quantitative estimate of drug-likeness (QED) is 0.333. The summed E-state index contributed by atoms with van der Waals surface area (Å²) in [5.41, 5.74) is 0. The van der Waals surface area contributed by atoms with E-state index < -0.39 is 0 Å². The molecule has 1 fully saturated rings. The molecule has 1 aliphatic rings. The van der Waals surface area contributed by atoms with Gasteiger partial charge in [-0.1, -0.05) is 20.8 Å². The number of guanidine groups is 1. The van der Waals surface area contributed by atoms with E-state index in [0.29, 0.717) is 23.8 Å². The third-order valence-corrected chi connectivity index (χ3v) is 5.30. The minimum atomic E-state index is 0. The van der Waals surface area contributed by atoms with Crippen LogP contribution in [0.1, 0.15) is 53.0 Å². The van der Waals surface area contributed by atoms with E-state index in [1.807, 2.05) is 12.5 Å². The van der Waals surface area contributed by atoms with Gasteiger partial charge in [-0.3, -0.25) is 4.99 Å². The number of piperidine rings is 1. The second kappa shape index (κ2) is 12.6. The van der Waals surface area contributed by atoms with E-state index in [-0.39, 0.29) is 30.6 Å². The minimum Gasteiger partial charge on any atom is -0.396 e. The Bertz CT molecular complexity index is 534. The van der Waals surface area contributed by atoms with Crippen molar-refractivity contribution < 1.29 is 5.11 Å². The fraction of sp³-hybridized carbons (Fsp3) is 0.800. The molecule has 0 aromatic carbocycles. The van der Waals surface area contributed by atoms with Crippen LogP contribution in [0.4, 0.5) is 0 Å². The molecule has 2 heterocycles. The topological polar surface area (TPSA) is 65.7 Å². The molecule has 3 atom stereocenters. The summed E-state index contributed by atoms with van der Waals surface area (Å²) in [6.45, 7) is 12.8. The summed E-state index contributed by atoms with van der Waals surface area (Å²) in [5, 5.41) is 12.8. The summed E-state index contributed by atoms with van der Waals surface area (Å²) in [6, 6.07) is 0.430. The number of rotatable bonds is 8. The molecule has 1 saturated heterocycles. The average molecular weight is 491 g/mol. The van der Waals surface area contributed by atoms with E-state index in [2.05, 4.69) is 53.7 Å². The van der Waals surface area contributed by atoms with Gasteiger partial charge in [-0.25, -0.2) is 4.98 Å². The number of aliphatic hydroxyl groups excluding tert-OH is 1. The second-order valence-electron chi connectivity index (χ2n) is 7.99. The van der Waals surface area contributed by atoms with Crippen molar-refractivity contribution in [2.45, 2.75) is 53.0 Å². The molecule has 0 bridgehead atoms. The van der Waals surface area contributed by atoms with Gasteiger partial charge in [0.1, 0.15) is 0 Å². The summed E-state index contributed by atoms with van der Waals surface area (Å²) in [4.78, 5) is 11.6. The van der Waals surface area contributed by atoms with Gasteiger partial charge < -0.3 is 19.9 Å². The highest BCUT2D eigenvalue weighted by Gasteiger charge is 2.29. The van der Waals surface area contributed by atoms with E-state index >= 15 is 0 Å². The van der Waals surface area contributed by atoms with E-state index in [1.165, 1.54) is 0 Å². The molecule has 0 amide bonds. The van der Waals surface area contributed by atoms with Crippen LogP contribution in [0.2, 0.25) is 0 Å². The van der Waals surface area contributed by atoms with Crippen LogP contribution in [0, 0.1) is 17.8 Å². The van der Waals surface area contributed by atoms with Crippen LogP contribution in [0.15, 0.2) is 23.7 Å². The van der Waals surface area contributed by atoms with Gasteiger partial charge in [0.05, 0.1) is 12.4 Å². The zero-order valence-electron chi connectivity index (χ0n) is 17.3. The van der Waals surface area contributed by atoms with Crippen molar-refractivity contribution in [3.05, 3.63) is 18.7 Å². The Kier molecular flexibility index (Phi) is 11.3. The number of nitrogens with one attached hydrogen (secondary N) is 1. The molecule has 2 N–H and O–H groups in total. The van der Waals surface area contributed by atoms with Crippen LogP contribution in [-0.2, 0) is 0 Å². The van der Waals surface area contributed by atoms with Crippen molar-refractivity contribution >= 4 is 29.9 Å². The van der Waals surface area contributed by atoms with Gasteiger partial charge >= 0.3 is 0 Å². The number of aliphatic imine (C=N–C) groups is 1. The Morgan fingerprint density at radius 3 is 2.78 bits per heavy atom. The fourth-order valence-electron chi connectivity index (χ4n) is 3.87. The average Bonchev–Trinajstić information content (AvgIpc) is 3.13. The van der Waals surface area contributed by atoms with E-state index in [0.717, 1.165) is 51.4 Å². The van der Waals surface area contributed by atoms with Crippen LogP contribution in [-0.4, -0.2) is 58.3 Å². The standard InChI is InChI=1S/C20H37N5O.HI/c1-5-22-20(23-13-18(7-11-26)12-16(2)3)24-9-6-17(4)19(14-24)25-10-8-21-15-25;/h8,10,15-19,26H,5-7,9,11-14H2,1-4H3,(H,22,23);1H. The molecule has 27 heavy (non-hydrogen) atoms. The van der Waals surface area contributed by atoms with Crippen molar-refractivity contribution in [2.75, 3.05) is 32.8 Å². The maximum atomic E-state index is 9.35. The molecule has 2 rings (SSSR count). The van der Waals surface area contributed by atoms with Gasteiger partial charge in [0, 0.05) is 45.2 Å². The molecule has 156 valence electrons. The molecule has 0 saturated carbocycles. The Hall–Kier alpha value is -0.830. The zero-order chi connectivity index (χ0) is 18.9. The Morgan fingerprint density at radius 1 is 1.41 bits per heavy atom. The number of hydrogen-bond acceptors (Lipinski definition) is 3. The van der Waals surface area contributed by atoms with E-state index in [1.54, 1.807) is 0 Å². The summed E-state index contributed by atoms with van der Waals surface area (Å²) in [5.74, 6) is 2.72. The number of aliphatic hydroxyl groups is 1. The predicted octanol–water partition coefficient (Wildman–Crippen LogP) is 3.39. The maximum absolute atomic E-state index is 9.35. The normalized spacial score (nSPS) is 21.9. The Labute approximate surface area is 181 Å². The van der Waals surface area contributed by atoms with Gasteiger partial charge in [-0.15, -0.1) is 24.0 Å². The monoisotopic (exact) mass is 491 g/mol. The molecule has 6 nitrogen and oxygen atoms in total. The zero-order valence-corrected chi connectivity index (χ0v) is 19.7. The lowest BCUT2D eigenvalue weighted by atomic mass is 9.93. The molecule has 1 aromatic heterocycles. The van der Waals surface area contributed by atoms with Crippen LogP contribution >= 0.6 is 24.0 Å². The molecule has 0 radical (unpaired) electrons. The van der Waals surface area contributed by atoms with Crippen LogP contribution in [0.25, 0.3) is 0 Å². The predicted molar refractivity (Wildman–Crippen MR) is 123 cm³/mol. The van der Waals surface area contributed by atoms with Gasteiger partial charge in [0.2, 0.25) is 0 Å². The molecule has 1 aromatic rings. The molecular weight excluding hydrogens is 453 g/mol. The Morgan fingerprint density at radius 2 is 2.19 bits per heavy atom. The SMILES string of the molecule is CCNC(=NCC(CCO)CC(C)C)N1CCC(C)C(n2ccnc2)C1.I. The first-order chi connectivity index (χ1) is 12.5. The largest absolute Gasteiger partial charge is 0.396 e. The van der Waals surface area contributed by atoms with Crippen LogP contribution in [0.3, 0.4) is 0 Å². The number of likely N-dealkylation sites (tertiary alicyclic amines) is 1. The van der Waals surface area contributed by atoms with Gasteiger partial charge in [-0.2, -0.15) is 0 Å². The van der Waals surface area contributed by atoms with Crippen LogP contribution in [0.5, 0.6) is 0 Å². The summed E-state index contributed by atoms with van der Waals surface area (Å²) in [6.07, 6.45) is 8.94. The highest BCUT2D eigenvalue weighted by molar-refractivity contribution is 14.0. The molecular formula is C20H38IN5O. The van der Waals surface area contributed by atoms with E-state index in [9.17, 15) is 5.11 Å². The summed E-state index contributed by atoms with van der Waals surface area (Å²) < 4.78 is 2.23. The second-order valence-corrected chi connectivity index (χ2v) is 7.99. The third kappa shape index (κ3) is 7.60. The van der Waals surface area contributed by atoms with Gasteiger partial charge in [0.15, 0.2) is 5.96 Å². The first kappa shape index (κ1) is 24.2. The summed E-state index contributed by atoms with van der Waals surface area (Å²) in [7, 11) is 0. The molecule has 7 heteroatoms. The van der Waals surface area contributed by atoms with Crippen molar-refractivity contribution in [1.82, 2.24) is 19.8 Å². The van der Waals surface area contributed by atoms with Crippen molar-refractivity contribution in [3.63, 3.8) is 0 Å². The van der Waals surface area contributed by atoms with Gasteiger partial charge in [0.25, 0.3) is 0 Å². The molecule has 3 unspecified atom stereocenters. The number of aromatic nitrogens is 2. The molecule has 0 spiro atoms. The highest BCUT2D eigenvalue weighted by atomic mass is 127. The minimum absolute atomic E-state index is 0. The van der Waals surface area contributed by atoms with Crippen molar-refractivity contribution in [2.24, 2.45) is 22.7 Å². The van der Waals surface area contributed by atoms with Crippen molar-refractivity contribution in [3.8, 4) is 0 Å².